The second-order valence-electron chi connectivity index (χ2n) is 6.57. The van der Waals surface area contributed by atoms with Crippen molar-refractivity contribution in [1.29, 1.82) is 0 Å². The van der Waals surface area contributed by atoms with Crippen LogP contribution in [0.3, 0.4) is 0 Å². The van der Waals surface area contributed by atoms with Gasteiger partial charge in [0.1, 0.15) is 5.69 Å². The van der Waals surface area contributed by atoms with Crippen LogP contribution < -0.4 is 5.32 Å². The van der Waals surface area contributed by atoms with E-state index in [-0.39, 0.29) is 5.91 Å². The number of nitrogens with zero attached hydrogens (tertiary/aromatic N) is 3. The Labute approximate surface area is 162 Å². The molecule has 2 aromatic heterocycles. The van der Waals surface area contributed by atoms with E-state index < -0.39 is 0 Å². The molecule has 2 aromatic carbocycles. The number of hydrogen-bond donors (Lipinski definition) is 1. The van der Waals surface area contributed by atoms with E-state index >= 15 is 0 Å². The zero-order valence-corrected chi connectivity index (χ0v) is 15.5. The van der Waals surface area contributed by atoms with Gasteiger partial charge in [0.15, 0.2) is 5.82 Å². The second-order valence-corrected chi connectivity index (χ2v) is 6.57. The van der Waals surface area contributed by atoms with Crippen molar-refractivity contribution in [2.45, 2.75) is 20.0 Å². The number of hydrogen-bond acceptors (Lipinski definition) is 4. The van der Waals surface area contributed by atoms with Gasteiger partial charge in [-0.15, -0.1) is 0 Å². The predicted molar refractivity (Wildman–Crippen MR) is 106 cm³/mol. The summed E-state index contributed by atoms with van der Waals surface area (Å²) in [6, 6.07) is 21.3. The van der Waals surface area contributed by atoms with Crippen LogP contribution in [-0.2, 0) is 13.1 Å². The summed E-state index contributed by atoms with van der Waals surface area (Å²) in [5, 5.41) is 6.99. The van der Waals surface area contributed by atoms with Crippen molar-refractivity contribution in [2.24, 2.45) is 0 Å². The Balaban J connectivity index is 1.44. The van der Waals surface area contributed by atoms with Gasteiger partial charge in [-0.3, -0.25) is 4.79 Å². The highest BCUT2D eigenvalue weighted by molar-refractivity contribution is 5.92. The van der Waals surface area contributed by atoms with Crippen LogP contribution in [-0.4, -0.2) is 20.6 Å². The smallest absolute Gasteiger partial charge is 0.268 e. The Morgan fingerprint density at radius 3 is 2.75 bits per heavy atom. The Hall–Kier alpha value is -3.67. The van der Waals surface area contributed by atoms with E-state index in [0.29, 0.717) is 30.5 Å². The van der Waals surface area contributed by atoms with Gasteiger partial charge < -0.3 is 14.4 Å². The molecule has 6 nitrogen and oxygen atoms in total. The number of amides is 1. The van der Waals surface area contributed by atoms with E-state index in [1.807, 2.05) is 72.3 Å². The minimum atomic E-state index is -0.140. The lowest BCUT2D eigenvalue weighted by molar-refractivity contribution is 0.0942. The molecule has 0 aliphatic heterocycles. The van der Waals surface area contributed by atoms with Gasteiger partial charge in [0.05, 0.1) is 6.54 Å². The third kappa shape index (κ3) is 4.01. The van der Waals surface area contributed by atoms with E-state index in [2.05, 4.69) is 21.5 Å². The maximum absolute atomic E-state index is 12.6. The van der Waals surface area contributed by atoms with Crippen LogP contribution in [0.15, 0.2) is 77.4 Å². The maximum Gasteiger partial charge on any atom is 0.268 e. The molecule has 1 N–H and O–H groups in total. The van der Waals surface area contributed by atoms with Gasteiger partial charge >= 0.3 is 0 Å². The fourth-order valence-corrected chi connectivity index (χ4v) is 3.02. The van der Waals surface area contributed by atoms with Crippen LogP contribution in [0.25, 0.3) is 11.5 Å². The molecule has 0 fully saturated rings. The van der Waals surface area contributed by atoms with Gasteiger partial charge in [0.2, 0.25) is 0 Å². The minimum Gasteiger partial charge on any atom is -0.347 e. The molecule has 0 radical (unpaired) electrons. The molecule has 28 heavy (non-hydrogen) atoms. The summed E-state index contributed by atoms with van der Waals surface area (Å²) in [4.78, 5) is 17.0. The van der Waals surface area contributed by atoms with Crippen molar-refractivity contribution in [1.82, 2.24) is 20.0 Å². The topological polar surface area (TPSA) is 73.0 Å². The molecule has 2 heterocycles. The average molecular weight is 372 g/mol. The van der Waals surface area contributed by atoms with E-state index in [1.54, 1.807) is 6.07 Å². The molecule has 4 aromatic rings. The van der Waals surface area contributed by atoms with Crippen molar-refractivity contribution in [3.8, 4) is 11.5 Å². The Morgan fingerprint density at radius 1 is 1.07 bits per heavy atom. The first-order valence-corrected chi connectivity index (χ1v) is 9.06. The molecule has 4 rings (SSSR count). The van der Waals surface area contributed by atoms with Gasteiger partial charge in [-0.2, -0.15) is 4.98 Å². The molecule has 0 aliphatic carbocycles. The quantitative estimate of drug-likeness (QED) is 0.558. The number of carbonyl (C=O) groups excluding carboxylic acids is 1. The van der Waals surface area contributed by atoms with E-state index in [9.17, 15) is 4.79 Å². The molecule has 0 saturated heterocycles. The Bertz CT molecular complexity index is 1080. The standard InChI is InChI=1S/C22H20N4O2/c1-16-7-5-8-17(13-16)14-23-21(27)19-11-6-12-26(19)15-20-24-22(28-25-20)18-9-3-2-4-10-18/h2-13H,14-15H2,1H3,(H,23,27). The molecule has 140 valence electrons. The highest BCUT2D eigenvalue weighted by Gasteiger charge is 2.14. The highest BCUT2D eigenvalue weighted by Crippen LogP contribution is 2.17. The van der Waals surface area contributed by atoms with Crippen LogP contribution in [0, 0.1) is 6.92 Å². The summed E-state index contributed by atoms with van der Waals surface area (Å²) >= 11 is 0. The SMILES string of the molecule is Cc1cccc(CNC(=O)c2cccn2Cc2noc(-c3ccccc3)n2)c1. The first kappa shape index (κ1) is 17.7. The zero-order valence-electron chi connectivity index (χ0n) is 15.5. The summed E-state index contributed by atoms with van der Waals surface area (Å²) in [6.07, 6.45) is 1.83. The number of aryl methyl sites for hydroxylation is 1. The fourth-order valence-electron chi connectivity index (χ4n) is 3.02. The number of benzene rings is 2. The second kappa shape index (κ2) is 7.92. The molecule has 6 heteroatoms. The van der Waals surface area contributed by atoms with Crippen LogP contribution in [0.4, 0.5) is 0 Å². The van der Waals surface area contributed by atoms with Gasteiger partial charge in [0.25, 0.3) is 11.8 Å². The summed E-state index contributed by atoms with van der Waals surface area (Å²) < 4.78 is 7.15. The number of carbonyl (C=O) groups is 1. The number of aromatic nitrogens is 3. The third-order valence-electron chi connectivity index (χ3n) is 4.40. The Kier molecular flexibility index (Phi) is 5.01. The molecule has 1 amide bonds. The summed E-state index contributed by atoms with van der Waals surface area (Å²) in [5.74, 6) is 0.842. The molecule has 0 unspecified atom stereocenters. The van der Waals surface area contributed by atoms with E-state index in [1.165, 1.54) is 5.56 Å². The van der Waals surface area contributed by atoms with Crippen molar-refractivity contribution in [2.75, 3.05) is 0 Å². The van der Waals surface area contributed by atoms with Crippen LogP contribution in [0.1, 0.15) is 27.4 Å². The van der Waals surface area contributed by atoms with E-state index in [0.717, 1.165) is 11.1 Å². The summed E-state index contributed by atoms with van der Waals surface area (Å²) in [6.45, 7) is 2.87. The molecular formula is C22H20N4O2. The minimum absolute atomic E-state index is 0.140. The lowest BCUT2D eigenvalue weighted by Gasteiger charge is -2.09. The van der Waals surface area contributed by atoms with E-state index in [4.69, 9.17) is 4.52 Å². The lowest BCUT2D eigenvalue weighted by Crippen LogP contribution is -2.25. The monoisotopic (exact) mass is 372 g/mol. The summed E-state index contributed by atoms with van der Waals surface area (Å²) in [7, 11) is 0. The molecule has 0 spiro atoms. The zero-order chi connectivity index (χ0) is 19.3. The molecule has 0 atom stereocenters. The fraction of sp³-hybridized carbons (Fsp3) is 0.136. The van der Waals surface area contributed by atoms with Gasteiger partial charge in [-0.25, -0.2) is 0 Å². The average Bonchev–Trinajstić information content (AvgIpc) is 3.37. The van der Waals surface area contributed by atoms with Crippen LogP contribution in [0.5, 0.6) is 0 Å². The van der Waals surface area contributed by atoms with Gasteiger partial charge in [0, 0.05) is 18.3 Å². The predicted octanol–water partition coefficient (Wildman–Crippen LogP) is 3.82. The van der Waals surface area contributed by atoms with Crippen molar-refractivity contribution in [3.05, 3.63) is 95.6 Å². The molecular weight excluding hydrogens is 352 g/mol. The first-order valence-electron chi connectivity index (χ1n) is 9.06. The van der Waals surface area contributed by atoms with Crippen molar-refractivity contribution >= 4 is 5.91 Å². The third-order valence-corrected chi connectivity index (χ3v) is 4.40. The van der Waals surface area contributed by atoms with Crippen molar-refractivity contribution < 1.29 is 9.32 Å². The Morgan fingerprint density at radius 2 is 1.93 bits per heavy atom. The van der Waals surface area contributed by atoms with Crippen LogP contribution in [0.2, 0.25) is 0 Å². The first-order chi connectivity index (χ1) is 13.7. The molecule has 0 aliphatic rings. The highest BCUT2D eigenvalue weighted by atomic mass is 16.5. The van der Waals surface area contributed by atoms with Crippen molar-refractivity contribution in [3.63, 3.8) is 0 Å². The molecule has 0 saturated carbocycles. The molecule has 0 bridgehead atoms. The van der Waals surface area contributed by atoms with Gasteiger partial charge in [-0.05, 0) is 36.8 Å². The van der Waals surface area contributed by atoms with Crippen LogP contribution >= 0.6 is 0 Å². The largest absolute Gasteiger partial charge is 0.347 e. The maximum atomic E-state index is 12.6. The normalized spacial score (nSPS) is 10.8. The number of rotatable bonds is 6. The lowest BCUT2D eigenvalue weighted by atomic mass is 10.1. The van der Waals surface area contributed by atoms with Gasteiger partial charge in [-0.1, -0.05) is 53.2 Å². The number of nitrogens with one attached hydrogen (secondary N) is 1. The summed E-state index contributed by atoms with van der Waals surface area (Å²) in [5.41, 5.74) is 3.65.